The molecule has 5 nitrogen and oxygen atoms in total. The highest BCUT2D eigenvalue weighted by Crippen LogP contribution is 2.25. The lowest BCUT2D eigenvalue weighted by Gasteiger charge is -1.96. The summed E-state index contributed by atoms with van der Waals surface area (Å²) < 4.78 is 30.4. The smallest absolute Gasteiger partial charge is 0.244 e. The van der Waals surface area contributed by atoms with Gasteiger partial charge in [-0.2, -0.15) is 0 Å². The molecule has 0 saturated carbocycles. The number of hydrogen-bond acceptors (Lipinski definition) is 4. The van der Waals surface area contributed by atoms with E-state index in [1.807, 2.05) is 0 Å². The van der Waals surface area contributed by atoms with E-state index in [2.05, 4.69) is 26.0 Å². The second-order valence-electron chi connectivity index (χ2n) is 2.59. The van der Waals surface area contributed by atoms with Crippen LogP contribution in [-0.2, 0) is 16.6 Å². The molecule has 14 heavy (non-hydrogen) atoms. The zero-order valence-corrected chi connectivity index (χ0v) is 10.2. The molecular weight excluding hydrogens is 272 g/mol. The van der Waals surface area contributed by atoms with Gasteiger partial charge in [-0.05, 0) is 30.0 Å². The first-order valence-corrected chi connectivity index (χ1v) is 6.15. The summed E-state index contributed by atoms with van der Waals surface area (Å²) in [6.07, 6.45) is 0. The molecule has 0 fully saturated rings. The fourth-order valence-corrected chi connectivity index (χ4v) is 2.67. The van der Waals surface area contributed by atoms with E-state index in [0.717, 1.165) is 0 Å². The van der Waals surface area contributed by atoms with Crippen LogP contribution in [0, 0.1) is 0 Å². The first-order valence-electron chi connectivity index (χ1n) is 3.87. The highest BCUT2D eigenvalue weighted by molar-refractivity contribution is 9.10. The third kappa shape index (κ3) is 2.35. The minimum atomic E-state index is -3.44. The Labute approximate surface area is 91.0 Å². The molecule has 0 saturated heterocycles. The predicted octanol–water partition coefficient (Wildman–Crippen LogP) is 0.670. The molecule has 0 unspecified atom stereocenters. The van der Waals surface area contributed by atoms with E-state index in [1.54, 1.807) is 7.05 Å². The lowest BCUT2D eigenvalue weighted by atomic mass is 10.4. The van der Waals surface area contributed by atoms with Gasteiger partial charge in [0.1, 0.15) is 10.7 Å². The van der Waals surface area contributed by atoms with Crippen LogP contribution in [0.15, 0.2) is 20.0 Å². The number of sulfonamides is 1. The summed E-state index contributed by atoms with van der Waals surface area (Å²) in [6.45, 7) is 0.484. The average Bonchev–Trinajstić information content (AvgIpc) is 2.48. The van der Waals surface area contributed by atoms with Crippen molar-refractivity contribution in [2.75, 3.05) is 14.1 Å². The van der Waals surface area contributed by atoms with E-state index < -0.39 is 10.0 Å². The molecule has 80 valence electrons. The van der Waals surface area contributed by atoms with Crippen LogP contribution in [0.5, 0.6) is 0 Å². The zero-order chi connectivity index (χ0) is 10.8. The van der Waals surface area contributed by atoms with Crippen LogP contribution in [0.1, 0.15) is 5.76 Å². The van der Waals surface area contributed by atoms with Crippen LogP contribution in [-0.4, -0.2) is 22.5 Å². The molecule has 0 aromatic carbocycles. The van der Waals surface area contributed by atoms with Gasteiger partial charge in [-0.3, -0.25) is 0 Å². The van der Waals surface area contributed by atoms with Gasteiger partial charge in [0.25, 0.3) is 0 Å². The van der Waals surface area contributed by atoms with Gasteiger partial charge in [-0.15, -0.1) is 0 Å². The predicted molar refractivity (Wildman–Crippen MR) is 55.4 cm³/mol. The van der Waals surface area contributed by atoms with E-state index in [1.165, 1.54) is 13.1 Å². The Bertz CT molecular complexity index is 413. The van der Waals surface area contributed by atoms with Crippen molar-refractivity contribution >= 4 is 26.0 Å². The number of hydrogen-bond donors (Lipinski definition) is 2. The Balaban J connectivity index is 3.11. The third-order valence-corrected chi connectivity index (χ3v) is 3.89. The van der Waals surface area contributed by atoms with Crippen molar-refractivity contribution in [1.29, 1.82) is 0 Å². The fourth-order valence-electron chi connectivity index (χ4n) is 0.952. The van der Waals surface area contributed by atoms with Gasteiger partial charge in [0, 0.05) is 6.07 Å². The molecule has 0 atom stereocenters. The first kappa shape index (κ1) is 11.7. The van der Waals surface area contributed by atoms with Crippen molar-refractivity contribution in [3.8, 4) is 0 Å². The highest BCUT2D eigenvalue weighted by Gasteiger charge is 2.20. The molecule has 1 heterocycles. The Morgan fingerprint density at radius 1 is 1.50 bits per heavy atom. The summed E-state index contributed by atoms with van der Waals surface area (Å²) in [5.74, 6) is 0.563. The molecule has 0 aliphatic carbocycles. The van der Waals surface area contributed by atoms with Crippen molar-refractivity contribution in [1.82, 2.24) is 10.0 Å². The molecule has 0 aliphatic rings. The number of furan rings is 1. The molecule has 7 heteroatoms. The molecule has 0 amide bonds. The highest BCUT2D eigenvalue weighted by atomic mass is 79.9. The van der Waals surface area contributed by atoms with Crippen molar-refractivity contribution in [3.63, 3.8) is 0 Å². The lowest BCUT2D eigenvalue weighted by Crippen LogP contribution is -2.18. The summed E-state index contributed by atoms with van der Waals surface area (Å²) in [4.78, 5) is 0.116. The molecule has 0 aliphatic heterocycles. The number of rotatable bonds is 4. The summed E-state index contributed by atoms with van der Waals surface area (Å²) in [5.41, 5.74) is 0. The molecule has 0 bridgehead atoms. The van der Waals surface area contributed by atoms with Gasteiger partial charge in [-0.1, -0.05) is 0 Å². The number of halogens is 1. The van der Waals surface area contributed by atoms with Crippen molar-refractivity contribution in [2.24, 2.45) is 0 Å². The van der Waals surface area contributed by atoms with Gasteiger partial charge < -0.3 is 9.73 Å². The van der Waals surface area contributed by atoms with Crippen LogP contribution in [0.25, 0.3) is 0 Å². The van der Waals surface area contributed by atoms with E-state index in [4.69, 9.17) is 4.42 Å². The standard InChI is InChI=1S/C7H11BrN2O3S/c1-9-4-5-3-6(7(8)13-5)14(11,12)10-2/h3,9-10H,4H2,1-2H3. The fraction of sp³-hybridized carbons (Fsp3) is 0.429. The SMILES string of the molecule is CNCc1cc(S(=O)(=O)NC)c(Br)o1. The molecule has 2 N–H and O–H groups in total. The van der Waals surface area contributed by atoms with Gasteiger partial charge in [0.15, 0.2) is 4.67 Å². The summed E-state index contributed by atoms with van der Waals surface area (Å²) in [6, 6.07) is 1.48. The lowest BCUT2D eigenvalue weighted by molar-refractivity contribution is 0.470. The van der Waals surface area contributed by atoms with Crippen molar-refractivity contribution in [2.45, 2.75) is 11.4 Å². The molecule has 0 radical (unpaired) electrons. The number of nitrogens with one attached hydrogen (secondary N) is 2. The largest absolute Gasteiger partial charge is 0.452 e. The summed E-state index contributed by atoms with van der Waals surface area (Å²) >= 11 is 3.05. The van der Waals surface area contributed by atoms with Gasteiger partial charge in [0.05, 0.1) is 6.54 Å². The Kier molecular flexibility index (Phi) is 3.71. The Morgan fingerprint density at radius 3 is 2.64 bits per heavy atom. The monoisotopic (exact) mass is 282 g/mol. The Morgan fingerprint density at radius 2 is 2.14 bits per heavy atom. The molecule has 1 rings (SSSR count). The van der Waals surface area contributed by atoms with E-state index >= 15 is 0 Å². The minimum Gasteiger partial charge on any atom is -0.452 e. The average molecular weight is 283 g/mol. The summed E-state index contributed by atoms with van der Waals surface area (Å²) in [5, 5.41) is 2.86. The maximum Gasteiger partial charge on any atom is 0.244 e. The van der Waals surface area contributed by atoms with Crippen molar-refractivity contribution in [3.05, 3.63) is 16.5 Å². The van der Waals surface area contributed by atoms with Crippen LogP contribution >= 0.6 is 15.9 Å². The molecular formula is C7H11BrN2O3S. The van der Waals surface area contributed by atoms with E-state index in [9.17, 15) is 8.42 Å². The maximum atomic E-state index is 11.4. The molecule has 0 spiro atoms. The van der Waals surface area contributed by atoms with E-state index in [-0.39, 0.29) is 9.56 Å². The summed E-state index contributed by atoms with van der Waals surface area (Å²) in [7, 11) is -0.338. The third-order valence-electron chi connectivity index (χ3n) is 1.62. The minimum absolute atomic E-state index is 0.116. The zero-order valence-electron chi connectivity index (χ0n) is 7.80. The first-order chi connectivity index (χ1) is 6.51. The normalized spacial score (nSPS) is 11.9. The second kappa shape index (κ2) is 4.43. The topological polar surface area (TPSA) is 71.3 Å². The quantitative estimate of drug-likeness (QED) is 0.852. The molecule has 1 aromatic rings. The van der Waals surface area contributed by atoms with E-state index in [0.29, 0.717) is 12.3 Å². The maximum absolute atomic E-state index is 11.4. The van der Waals surface area contributed by atoms with Crippen LogP contribution in [0.4, 0.5) is 0 Å². The van der Waals surface area contributed by atoms with Crippen LogP contribution in [0.3, 0.4) is 0 Å². The van der Waals surface area contributed by atoms with Gasteiger partial charge in [0.2, 0.25) is 10.0 Å². The Hall–Kier alpha value is -0.370. The molecule has 1 aromatic heterocycles. The van der Waals surface area contributed by atoms with Crippen LogP contribution in [0.2, 0.25) is 0 Å². The van der Waals surface area contributed by atoms with Crippen LogP contribution < -0.4 is 10.0 Å². The van der Waals surface area contributed by atoms with Gasteiger partial charge >= 0.3 is 0 Å². The second-order valence-corrected chi connectivity index (χ2v) is 5.16. The van der Waals surface area contributed by atoms with Crippen molar-refractivity contribution < 1.29 is 12.8 Å². The van der Waals surface area contributed by atoms with Gasteiger partial charge in [-0.25, -0.2) is 13.1 Å².